The molecule has 0 aliphatic heterocycles. The summed E-state index contributed by atoms with van der Waals surface area (Å²) in [7, 11) is 1.63. The van der Waals surface area contributed by atoms with Gasteiger partial charge < -0.3 is 24.5 Å². The number of esters is 1. The number of rotatable bonds is 8. The molecule has 3 aromatic rings. The zero-order chi connectivity index (χ0) is 19.9. The molecule has 7 heteroatoms. The quantitative estimate of drug-likeness (QED) is 0.476. The van der Waals surface area contributed by atoms with E-state index in [9.17, 15) is 4.79 Å². The van der Waals surface area contributed by atoms with Gasteiger partial charge in [0.15, 0.2) is 0 Å². The van der Waals surface area contributed by atoms with Crippen LogP contribution in [0.15, 0.2) is 55.0 Å². The molecule has 0 saturated carbocycles. The molecule has 0 amide bonds. The fourth-order valence-electron chi connectivity index (χ4n) is 2.74. The molecule has 0 aliphatic rings. The van der Waals surface area contributed by atoms with Crippen LogP contribution in [0, 0.1) is 0 Å². The van der Waals surface area contributed by atoms with Crippen molar-refractivity contribution in [2.24, 2.45) is 0 Å². The van der Waals surface area contributed by atoms with Gasteiger partial charge in [0.1, 0.15) is 18.2 Å². The van der Waals surface area contributed by atoms with Crippen molar-refractivity contribution < 1.29 is 19.0 Å². The van der Waals surface area contributed by atoms with E-state index in [0.29, 0.717) is 36.9 Å². The summed E-state index contributed by atoms with van der Waals surface area (Å²) < 4.78 is 17.5. The first-order valence-electron chi connectivity index (χ1n) is 8.95. The average molecular weight is 381 g/mol. The third-order valence-electron chi connectivity index (χ3n) is 4.08. The van der Waals surface area contributed by atoms with E-state index in [1.54, 1.807) is 43.1 Å². The van der Waals surface area contributed by atoms with Crippen molar-refractivity contribution in [3.05, 3.63) is 60.6 Å². The molecule has 2 heterocycles. The van der Waals surface area contributed by atoms with Gasteiger partial charge in [-0.15, -0.1) is 0 Å². The minimum atomic E-state index is -0.382. The standard InChI is InChI=1S/C21H23N3O4/c1-3-27-21(25)16-7-8-23-20(12-16)24-13-18(19(22)14-24)15-5-4-6-17(11-15)28-10-9-26-2/h4-8,11-14H,3,9-10,22H2,1-2H3. The first-order chi connectivity index (χ1) is 13.6. The van der Waals surface area contributed by atoms with E-state index < -0.39 is 0 Å². The summed E-state index contributed by atoms with van der Waals surface area (Å²) in [4.78, 5) is 16.3. The Morgan fingerprint density at radius 1 is 1.18 bits per heavy atom. The van der Waals surface area contributed by atoms with Crippen molar-refractivity contribution in [3.8, 4) is 22.7 Å². The van der Waals surface area contributed by atoms with Crippen molar-refractivity contribution in [1.29, 1.82) is 0 Å². The number of nitrogen functional groups attached to an aromatic ring is 1. The van der Waals surface area contributed by atoms with Crippen LogP contribution in [0.25, 0.3) is 16.9 Å². The Labute approximate surface area is 163 Å². The highest BCUT2D eigenvalue weighted by Gasteiger charge is 2.12. The lowest BCUT2D eigenvalue weighted by molar-refractivity contribution is 0.0526. The molecular formula is C21H23N3O4. The van der Waals surface area contributed by atoms with Crippen molar-refractivity contribution in [2.45, 2.75) is 6.92 Å². The molecule has 146 valence electrons. The predicted molar refractivity (Wildman–Crippen MR) is 107 cm³/mol. The molecule has 0 saturated heterocycles. The molecule has 3 rings (SSSR count). The van der Waals surface area contributed by atoms with Crippen molar-refractivity contribution >= 4 is 11.7 Å². The van der Waals surface area contributed by atoms with E-state index in [-0.39, 0.29) is 5.97 Å². The molecular weight excluding hydrogens is 358 g/mol. The number of pyridine rings is 1. The highest BCUT2D eigenvalue weighted by molar-refractivity contribution is 5.89. The van der Waals surface area contributed by atoms with E-state index in [1.807, 2.05) is 30.5 Å². The predicted octanol–water partition coefficient (Wildman–Crippen LogP) is 3.32. The second-order valence-corrected chi connectivity index (χ2v) is 6.03. The smallest absolute Gasteiger partial charge is 0.338 e. The largest absolute Gasteiger partial charge is 0.491 e. The summed E-state index contributed by atoms with van der Waals surface area (Å²) in [5, 5.41) is 0. The Hall–Kier alpha value is -3.32. The van der Waals surface area contributed by atoms with Gasteiger partial charge in [-0.25, -0.2) is 9.78 Å². The van der Waals surface area contributed by atoms with E-state index in [4.69, 9.17) is 19.9 Å². The van der Waals surface area contributed by atoms with Crippen LogP contribution in [0.3, 0.4) is 0 Å². The minimum Gasteiger partial charge on any atom is -0.491 e. The Kier molecular flexibility index (Phi) is 6.29. The molecule has 7 nitrogen and oxygen atoms in total. The first-order valence-corrected chi connectivity index (χ1v) is 8.95. The maximum Gasteiger partial charge on any atom is 0.338 e. The van der Waals surface area contributed by atoms with Crippen molar-refractivity contribution in [1.82, 2.24) is 9.55 Å². The lowest BCUT2D eigenvalue weighted by Crippen LogP contribution is -2.06. The third kappa shape index (κ3) is 4.50. The summed E-state index contributed by atoms with van der Waals surface area (Å²) in [6.45, 7) is 3.08. The lowest BCUT2D eigenvalue weighted by atomic mass is 10.1. The van der Waals surface area contributed by atoms with Gasteiger partial charge in [-0.3, -0.25) is 0 Å². The number of carbonyl (C=O) groups excluding carboxylic acids is 1. The van der Waals surface area contributed by atoms with Gasteiger partial charge in [0.25, 0.3) is 0 Å². The number of hydrogen-bond acceptors (Lipinski definition) is 6. The van der Waals surface area contributed by atoms with Crippen LogP contribution in [-0.4, -0.2) is 42.5 Å². The summed E-state index contributed by atoms with van der Waals surface area (Å²) in [5.41, 5.74) is 9.03. The average Bonchev–Trinajstić information content (AvgIpc) is 3.10. The van der Waals surface area contributed by atoms with Crippen LogP contribution < -0.4 is 10.5 Å². The Bertz CT molecular complexity index is 952. The normalized spacial score (nSPS) is 10.6. The van der Waals surface area contributed by atoms with Crippen LogP contribution in [0.2, 0.25) is 0 Å². The molecule has 0 fully saturated rings. The third-order valence-corrected chi connectivity index (χ3v) is 4.08. The monoisotopic (exact) mass is 381 g/mol. The highest BCUT2D eigenvalue weighted by atomic mass is 16.5. The zero-order valence-electron chi connectivity index (χ0n) is 15.9. The van der Waals surface area contributed by atoms with E-state index >= 15 is 0 Å². The Morgan fingerprint density at radius 3 is 2.82 bits per heavy atom. The van der Waals surface area contributed by atoms with Crippen LogP contribution in [0.1, 0.15) is 17.3 Å². The van der Waals surface area contributed by atoms with Crippen molar-refractivity contribution in [2.75, 3.05) is 32.7 Å². The van der Waals surface area contributed by atoms with Gasteiger partial charge in [-0.05, 0) is 36.8 Å². The SMILES string of the molecule is CCOC(=O)c1ccnc(-n2cc(N)c(-c3cccc(OCCOC)c3)c2)c1. The maximum absolute atomic E-state index is 12.0. The van der Waals surface area contributed by atoms with Crippen LogP contribution in [0.4, 0.5) is 5.69 Å². The van der Waals surface area contributed by atoms with Gasteiger partial charge in [0, 0.05) is 31.3 Å². The van der Waals surface area contributed by atoms with E-state index in [1.165, 1.54) is 0 Å². The van der Waals surface area contributed by atoms with Crippen LogP contribution in [0.5, 0.6) is 5.75 Å². The number of ether oxygens (including phenoxy) is 3. The summed E-state index contributed by atoms with van der Waals surface area (Å²) >= 11 is 0. The fraction of sp³-hybridized carbons (Fsp3) is 0.238. The van der Waals surface area contributed by atoms with Gasteiger partial charge in [0.2, 0.25) is 0 Å². The number of methoxy groups -OCH3 is 1. The van der Waals surface area contributed by atoms with Gasteiger partial charge >= 0.3 is 5.97 Å². The van der Waals surface area contributed by atoms with Gasteiger partial charge in [-0.2, -0.15) is 0 Å². The summed E-state index contributed by atoms with van der Waals surface area (Å²) in [5.74, 6) is 0.938. The zero-order valence-corrected chi connectivity index (χ0v) is 15.9. The molecule has 2 N–H and O–H groups in total. The highest BCUT2D eigenvalue weighted by Crippen LogP contribution is 2.30. The van der Waals surface area contributed by atoms with Gasteiger partial charge in [-0.1, -0.05) is 12.1 Å². The second kappa shape index (κ2) is 9.05. The number of hydrogen-bond donors (Lipinski definition) is 1. The Morgan fingerprint density at radius 2 is 2.04 bits per heavy atom. The molecule has 0 aliphatic carbocycles. The van der Waals surface area contributed by atoms with Crippen molar-refractivity contribution in [3.63, 3.8) is 0 Å². The molecule has 1 aromatic carbocycles. The maximum atomic E-state index is 12.0. The lowest BCUT2D eigenvalue weighted by Gasteiger charge is -2.07. The van der Waals surface area contributed by atoms with Crippen LogP contribution >= 0.6 is 0 Å². The summed E-state index contributed by atoms with van der Waals surface area (Å²) in [6, 6.07) is 11.0. The molecule has 28 heavy (non-hydrogen) atoms. The van der Waals surface area contributed by atoms with E-state index in [0.717, 1.165) is 16.9 Å². The van der Waals surface area contributed by atoms with Gasteiger partial charge in [0.05, 0.1) is 24.5 Å². The molecule has 0 spiro atoms. The number of nitrogens with two attached hydrogens (primary N) is 1. The topological polar surface area (TPSA) is 88.6 Å². The number of anilines is 1. The summed E-state index contributed by atoms with van der Waals surface area (Å²) in [6.07, 6.45) is 5.22. The number of benzene rings is 1. The number of carbonyl (C=O) groups is 1. The second-order valence-electron chi connectivity index (χ2n) is 6.03. The molecule has 0 bridgehead atoms. The Balaban J connectivity index is 1.87. The molecule has 0 radical (unpaired) electrons. The number of nitrogens with zero attached hydrogens (tertiary/aromatic N) is 2. The fourth-order valence-corrected chi connectivity index (χ4v) is 2.74. The number of aromatic nitrogens is 2. The first kappa shape index (κ1) is 19.4. The molecule has 0 atom stereocenters. The minimum absolute atomic E-state index is 0.319. The van der Waals surface area contributed by atoms with Crippen LogP contribution in [-0.2, 0) is 9.47 Å². The van der Waals surface area contributed by atoms with E-state index in [2.05, 4.69) is 4.98 Å². The molecule has 0 unspecified atom stereocenters. The molecule has 2 aromatic heterocycles.